The normalized spacial score (nSPS) is 12.2. The van der Waals surface area contributed by atoms with Crippen molar-refractivity contribution < 1.29 is 23.8 Å². The van der Waals surface area contributed by atoms with Gasteiger partial charge in [-0.15, -0.1) is 4.99 Å². The number of nitrogens with one attached hydrogen (secondary N) is 2. The molecule has 0 aliphatic heterocycles. The standard InChI is InChI=1S/C18H28N4O5/c1-17(2,3)26-15(23)21-14(22-16(24)27-18(4,5)6)20-12-8-11(19)9-13(10-12)25-7/h8-10H,19H2,1-7H3,(H2,20,21,22,23,24). The highest BCUT2D eigenvalue weighted by Gasteiger charge is 2.20. The maximum Gasteiger partial charge on any atom is 0.437 e. The first kappa shape index (κ1) is 22.1. The molecule has 0 unspecified atom stereocenters. The smallest absolute Gasteiger partial charge is 0.437 e. The van der Waals surface area contributed by atoms with E-state index < -0.39 is 23.4 Å². The molecule has 0 saturated carbocycles. The third-order valence-corrected chi connectivity index (χ3v) is 2.64. The monoisotopic (exact) mass is 380 g/mol. The van der Waals surface area contributed by atoms with Gasteiger partial charge in [0.05, 0.1) is 7.11 Å². The van der Waals surface area contributed by atoms with E-state index in [0.29, 0.717) is 17.1 Å². The minimum atomic E-state index is -0.878. The fourth-order valence-corrected chi connectivity index (χ4v) is 1.81. The molecule has 9 heteroatoms. The van der Waals surface area contributed by atoms with Crippen LogP contribution in [-0.4, -0.2) is 36.5 Å². The lowest BCUT2D eigenvalue weighted by Gasteiger charge is -2.21. The zero-order valence-electron chi connectivity index (χ0n) is 16.8. The van der Waals surface area contributed by atoms with Gasteiger partial charge in [0, 0.05) is 23.5 Å². The molecule has 1 aromatic rings. The van der Waals surface area contributed by atoms with E-state index in [1.165, 1.54) is 7.11 Å². The molecule has 0 spiro atoms. The quantitative estimate of drug-likeness (QED) is 0.407. The van der Waals surface area contributed by atoms with E-state index in [-0.39, 0.29) is 5.96 Å². The number of carbonyl (C=O) groups is 2. The zero-order chi connectivity index (χ0) is 20.8. The van der Waals surface area contributed by atoms with Crippen molar-refractivity contribution in [3.63, 3.8) is 0 Å². The van der Waals surface area contributed by atoms with Crippen LogP contribution in [0.1, 0.15) is 41.5 Å². The van der Waals surface area contributed by atoms with E-state index in [1.54, 1.807) is 59.7 Å². The van der Waals surface area contributed by atoms with Gasteiger partial charge in [0.15, 0.2) is 0 Å². The average Bonchev–Trinajstić information content (AvgIpc) is 2.41. The Bertz CT molecular complexity index is 717. The number of rotatable bonds is 2. The van der Waals surface area contributed by atoms with Crippen LogP contribution in [0.25, 0.3) is 0 Å². The molecule has 0 bridgehead atoms. The van der Waals surface area contributed by atoms with E-state index in [9.17, 15) is 9.59 Å². The second-order valence-corrected chi connectivity index (χ2v) is 7.69. The van der Waals surface area contributed by atoms with Gasteiger partial charge < -0.3 is 25.3 Å². The van der Waals surface area contributed by atoms with Gasteiger partial charge in [0.25, 0.3) is 0 Å². The predicted octanol–water partition coefficient (Wildman–Crippen LogP) is 3.51. The molecule has 4 N–H and O–H groups in total. The van der Waals surface area contributed by atoms with Crippen LogP contribution in [-0.2, 0) is 9.47 Å². The summed E-state index contributed by atoms with van der Waals surface area (Å²) in [5.74, 6) is 0.317. The molecule has 0 aliphatic carbocycles. The van der Waals surface area contributed by atoms with Crippen molar-refractivity contribution in [1.82, 2.24) is 5.32 Å². The first-order valence-electron chi connectivity index (χ1n) is 8.31. The summed E-state index contributed by atoms with van der Waals surface area (Å²) in [6.45, 7) is 10.3. The molecule has 0 aliphatic rings. The predicted molar refractivity (Wildman–Crippen MR) is 104 cm³/mol. The molecule has 1 rings (SSSR count). The summed E-state index contributed by atoms with van der Waals surface area (Å²) in [4.78, 5) is 27.8. The molecule has 2 amide bonds. The van der Waals surface area contributed by atoms with Crippen molar-refractivity contribution in [2.24, 2.45) is 4.99 Å². The van der Waals surface area contributed by atoms with Gasteiger partial charge in [0.2, 0.25) is 5.96 Å². The number of amides is 2. The van der Waals surface area contributed by atoms with Gasteiger partial charge in [-0.3, -0.25) is 5.32 Å². The van der Waals surface area contributed by atoms with Gasteiger partial charge in [-0.05, 0) is 47.6 Å². The van der Waals surface area contributed by atoms with Gasteiger partial charge in [-0.25, -0.2) is 9.59 Å². The fraction of sp³-hybridized carbons (Fsp3) is 0.500. The first-order chi connectivity index (χ1) is 12.3. The van der Waals surface area contributed by atoms with E-state index >= 15 is 0 Å². The Morgan fingerprint density at radius 3 is 2.11 bits per heavy atom. The summed E-state index contributed by atoms with van der Waals surface area (Å²) >= 11 is 0. The van der Waals surface area contributed by atoms with Gasteiger partial charge in [-0.2, -0.15) is 0 Å². The van der Waals surface area contributed by atoms with E-state index in [2.05, 4.69) is 15.6 Å². The molecule has 150 valence electrons. The van der Waals surface area contributed by atoms with E-state index in [4.69, 9.17) is 19.9 Å². The minimum absolute atomic E-state index is 0.175. The number of nitrogens with zero attached hydrogens (tertiary/aromatic N) is 1. The Balaban J connectivity index is 3.08. The van der Waals surface area contributed by atoms with Crippen molar-refractivity contribution in [2.75, 3.05) is 18.2 Å². The maximum absolute atomic E-state index is 12.1. The molecule has 9 nitrogen and oxygen atoms in total. The van der Waals surface area contributed by atoms with Crippen LogP contribution in [0.4, 0.5) is 21.0 Å². The number of anilines is 2. The number of guanidine groups is 1. The van der Waals surface area contributed by atoms with Crippen LogP contribution in [0.5, 0.6) is 5.75 Å². The number of hydrogen-bond acceptors (Lipinski definition) is 6. The topological polar surface area (TPSA) is 124 Å². The second kappa shape index (κ2) is 8.61. The summed E-state index contributed by atoms with van der Waals surface area (Å²) in [7, 11) is 1.49. The lowest BCUT2D eigenvalue weighted by atomic mass is 10.2. The largest absolute Gasteiger partial charge is 0.497 e. The molecule has 0 saturated heterocycles. The highest BCUT2D eigenvalue weighted by atomic mass is 16.6. The number of carbonyl (C=O) groups excluding carboxylic acids is 2. The molecule has 0 radical (unpaired) electrons. The van der Waals surface area contributed by atoms with Crippen LogP contribution in [0.3, 0.4) is 0 Å². The number of ether oxygens (including phenoxy) is 3. The van der Waals surface area contributed by atoms with Crippen LogP contribution in [0, 0.1) is 0 Å². The van der Waals surface area contributed by atoms with Crippen molar-refractivity contribution in [1.29, 1.82) is 0 Å². The van der Waals surface area contributed by atoms with Crippen molar-refractivity contribution in [3.05, 3.63) is 18.2 Å². The molecule has 1 aromatic carbocycles. The molecule has 0 fully saturated rings. The number of hydrogen-bond donors (Lipinski definition) is 3. The van der Waals surface area contributed by atoms with Gasteiger partial charge in [-0.1, -0.05) is 0 Å². The van der Waals surface area contributed by atoms with Gasteiger partial charge in [0.1, 0.15) is 17.0 Å². The summed E-state index contributed by atoms with van der Waals surface area (Å²) in [5.41, 5.74) is 5.23. The maximum atomic E-state index is 12.1. The molecule has 0 atom stereocenters. The summed E-state index contributed by atoms with van der Waals surface area (Å²) in [6, 6.07) is 4.83. The third-order valence-electron chi connectivity index (χ3n) is 2.64. The molecule has 27 heavy (non-hydrogen) atoms. The Kier molecular flexibility index (Phi) is 7.04. The Labute approximate surface area is 159 Å². The van der Waals surface area contributed by atoms with Crippen LogP contribution in [0.2, 0.25) is 0 Å². The molecular formula is C18H28N4O5. The SMILES string of the molecule is COc1cc(N)cc(N/C(=N\C(=O)OC(C)(C)C)NC(=O)OC(C)(C)C)c1. The lowest BCUT2D eigenvalue weighted by Crippen LogP contribution is -2.40. The highest BCUT2D eigenvalue weighted by molar-refractivity contribution is 6.06. The Morgan fingerprint density at radius 2 is 1.59 bits per heavy atom. The zero-order valence-corrected chi connectivity index (χ0v) is 16.8. The van der Waals surface area contributed by atoms with Crippen LogP contribution >= 0.6 is 0 Å². The van der Waals surface area contributed by atoms with Crippen LogP contribution in [0.15, 0.2) is 23.2 Å². The number of alkyl carbamates (subject to hydrolysis) is 1. The third kappa shape index (κ3) is 9.34. The second-order valence-electron chi connectivity index (χ2n) is 7.69. The minimum Gasteiger partial charge on any atom is -0.497 e. The first-order valence-corrected chi connectivity index (χ1v) is 8.31. The molecular weight excluding hydrogens is 352 g/mol. The fourth-order valence-electron chi connectivity index (χ4n) is 1.81. The molecule has 0 heterocycles. The van der Waals surface area contributed by atoms with E-state index in [0.717, 1.165) is 0 Å². The number of methoxy groups -OCH3 is 1. The lowest BCUT2D eigenvalue weighted by molar-refractivity contribution is 0.0562. The van der Waals surface area contributed by atoms with E-state index in [1.807, 2.05) is 0 Å². The number of aliphatic imine (C=N–C) groups is 1. The van der Waals surface area contributed by atoms with Crippen molar-refractivity contribution in [2.45, 2.75) is 52.7 Å². The van der Waals surface area contributed by atoms with Gasteiger partial charge >= 0.3 is 12.2 Å². The van der Waals surface area contributed by atoms with Crippen molar-refractivity contribution >= 4 is 29.5 Å². The summed E-state index contributed by atoms with van der Waals surface area (Å²) < 4.78 is 15.5. The molecule has 0 aromatic heterocycles. The number of nitrogen functional groups attached to an aromatic ring is 1. The summed E-state index contributed by atoms with van der Waals surface area (Å²) in [5, 5.41) is 5.20. The highest BCUT2D eigenvalue weighted by Crippen LogP contribution is 2.22. The summed E-state index contributed by atoms with van der Waals surface area (Å²) in [6.07, 6.45) is -1.66. The van der Waals surface area contributed by atoms with Crippen molar-refractivity contribution in [3.8, 4) is 5.75 Å². The van der Waals surface area contributed by atoms with Crippen LogP contribution < -0.4 is 21.1 Å². The number of benzene rings is 1. The Hall–Kier alpha value is -2.97. The average molecular weight is 380 g/mol. The Morgan fingerprint density at radius 1 is 1.00 bits per heavy atom. The number of nitrogens with two attached hydrogens (primary N) is 1.